The molecule has 3 N–H and O–H groups in total. The van der Waals surface area contributed by atoms with E-state index in [2.05, 4.69) is 10.2 Å². The van der Waals surface area contributed by atoms with Crippen molar-refractivity contribution in [3.63, 3.8) is 0 Å². The quantitative estimate of drug-likeness (QED) is 0.383. The topological polar surface area (TPSA) is 135 Å². The summed E-state index contributed by atoms with van der Waals surface area (Å²) in [6, 6.07) is 11.5. The van der Waals surface area contributed by atoms with Crippen molar-refractivity contribution in [3.05, 3.63) is 69.8 Å². The average molecular weight is 504 g/mol. The summed E-state index contributed by atoms with van der Waals surface area (Å²) in [4.78, 5) is 28.1. The fraction of sp³-hybridized carbons (Fsp3) is 0.182. The van der Waals surface area contributed by atoms with Crippen LogP contribution < -0.4 is 10.6 Å². The first-order chi connectivity index (χ1) is 16.3. The van der Waals surface area contributed by atoms with E-state index in [4.69, 9.17) is 38.1 Å². The third-order valence-corrected chi connectivity index (χ3v) is 5.87. The number of aliphatic hydroxyl groups is 1. The number of anilines is 2. The van der Waals surface area contributed by atoms with Gasteiger partial charge in [0.05, 0.1) is 23.2 Å². The van der Waals surface area contributed by atoms with Gasteiger partial charge >= 0.3 is 12.0 Å². The van der Waals surface area contributed by atoms with E-state index in [1.165, 1.54) is 11.1 Å². The molecule has 1 aliphatic heterocycles. The maximum atomic E-state index is 13.1. The van der Waals surface area contributed by atoms with Crippen molar-refractivity contribution < 1.29 is 23.8 Å². The summed E-state index contributed by atoms with van der Waals surface area (Å²) in [6.45, 7) is 1.60. The van der Waals surface area contributed by atoms with E-state index in [0.717, 1.165) is 4.90 Å². The highest BCUT2D eigenvalue weighted by Crippen LogP contribution is 2.31. The smallest absolute Gasteiger partial charge is 0.345 e. The highest BCUT2D eigenvalue weighted by atomic mass is 35.5. The molecule has 34 heavy (non-hydrogen) atoms. The first kappa shape index (κ1) is 23.6. The van der Waals surface area contributed by atoms with Crippen LogP contribution in [0.15, 0.2) is 58.7 Å². The molecule has 1 aliphatic rings. The Labute approximate surface area is 204 Å². The van der Waals surface area contributed by atoms with Crippen molar-refractivity contribution in [2.75, 3.05) is 17.2 Å². The number of nitrogens with zero attached hydrogens (tertiary/aromatic N) is 4. The molecule has 0 bridgehead atoms. The molecule has 0 saturated heterocycles. The molecule has 2 heterocycles. The molecule has 10 nitrogen and oxygen atoms in total. The zero-order valence-electron chi connectivity index (χ0n) is 17.8. The Hall–Kier alpha value is -3.60. The Balaban J connectivity index is 1.70. The van der Waals surface area contributed by atoms with Gasteiger partial charge in [0.1, 0.15) is 5.57 Å². The number of rotatable bonds is 6. The van der Waals surface area contributed by atoms with Crippen molar-refractivity contribution in [1.29, 1.82) is 0 Å². The first-order valence-electron chi connectivity index (χ1n) is 10.1. The van der Waals surface area contributed by atoms with E-state index in [-0.39, 0.29) is 35.7 Å². The average Bonchev–Trinajstić information content (AvgIpc) is 3.26. The van der Waals surface area contributed by atoms with Gasteiger partial charge in [-0.1, -0.05) is 40.4 Å². The van der Waals surface area contributed by atoms with Gasteiger partial charge in [-0.05, 0) is 42.8 Å². The predicted octanol–water partition coefficient (Wildman–Crippen LogP) is 3.20. The molecular formula is C22H19Cl2N5O5. The van der Waals surface area contributed by atoms with Crippen LogP contribution in [-0.2, 0) is 20.9 Å². The van der Waals surface area contributed by atoms with Gasteiger partial charge in [-0.15, -0.1) is 5.10 Å². The molecule has 4 rings (SSSR count). The van der Waals surface area contributed by atoms with E-state index < -0.39 is 18.2 Å². The molecule has 0 aliphatic carbocycles. The van der Waals surface area contributed by atoms with Gasteiger partial charge in [0, 0.05) is 17.5 Å². The van der Waals surface area contributed by atoms with Gasteiger partial charge < -0.3 is 24.9 Å². The molecule has 1 amide bonds. The Kier molecular flexibility index (Phi) is 6.73. The van der Waals surface area contributed by atoms with E-state index in [1.54, 1.807) is 49.4 Å². The minimum absolute atomic E-state index is 0.0682. The maximum Gasteiger partial charge on any atom is 0.345 e. The third-order valence-electron chi connectivity index (χ3n) is 5.01. The number of benzene rings is 2. The van der Waals surface area contributed by atoms with Crippen LogP contribution in [0, 0.1) is 0 Å². The van der Waals surface area contributed by atoms with Crippen molar-refractivity contribution >= 4 is 46.8 Å². The Morgan fingerprint density at radius 1 is 1.21 bits per heavy atom. The summed E-state index contributed by atoms with van der Waals surface area (Å²) in [6.07, 6.45) is -0.202. The summed E-state index contributed by atoms with van der Waals surface area (Å²) in [5, 5.41) is 19.1. The van der Waals surface area contributed by atoms with Crippen molar-refractivity contribution in [2.45, 2.75) is 19.8 Å². The molecule has 1 aromatic heterocycles. The second-order valence-electron chi connectivity index (χ2n) is 7.16. The zero-order chi connectivity index (χ0) is 24.4. The lowest BCUT2D eigenvalue weighted by atomic mass is 10.1. The van der Waals surface area contributed by atoms with Crippen LogP contribution in [0.2, 0.25) is 10.0 Å². The summed E-state index contributed by atoms with van der Waals surface area (Å²) in [7, 11) is 0. The molecule has 12 heteroatoms. The van der Waals surface area contributed by atoms with Crippen molar-refractivity contribution in [2.24, 2.45) is 0 Å². The monoisotopic (exact) mass is 503 g/mol. The van der Waals surface area contributed by atoms with E-state index in [1.807, 2.05) is 0 Å². The zero-order valence-corrected chi connectivity index (χ0v) is 19.3. The third kappa shape index (κ3) is 4.56. The van der Waals surface area contributed by atoms with Gasteiger partial charge in [0.15, 0.2) is 0 Å². The van der Waals surface area contributed by atoms with Gasteiger partial charge in [-0.25, -0.2) is 4.79 Å². The Morgan fingerprint density at radius 2 is 1.94 bits per heavy atom. The molecule has 0 radical (unpaired) electrons. The van der Waals surface area contributed by atoms with Gasteiger partial charge in [0.25, 0.3) is 5.91 Å². The highest BCUT2D eigenvalue weighted by Gasteiger charge is 2.38. The lowest BCUT2D eigenvalue weighted by Gasteiger charge is -2.39. The highest BCUT2D eigenvalue weighted by molar-refractivity contribution is 6.42. The number of amides is 1. The molecule has 1 unspecified atom stereocenters. The largest absolute Gasteiger partial charge is 0.462 e. The number of esters is 1. The molecule has 176 valence electrons. The molecule has 3 aromatic rings. The Bertz CT molecular complexity index is 1260. The lowest BCUT2D eigenvalue weighted by Crippen LogP contribution is -2.54. The van der Waals surface area contributed by atoms with Crippen LogP contribution >= 0.6 is 23.2 Å². The normalized spacial score (nSPS) is 15.9. The molecular weight excluding hydrogens is 485 g/mol. The molecule has 0 saturated carbocycles. The van der Waals surface area contributed by atoms with Crippen LogP contribution in [0.1, 0.15) is 12.5 Å². The second-order valence-corrected chi connectivity index (χ2v) is 7.94. The SMILES string of the molecule is CCOC(=O)C1=CN(c2ccc(-c3nnc(N)o3)cc2)C(O)N(Cc2cccc(Cl)c2Cl)C1=O. The summed E-state index contributed by atoms with van der Waals surface area (Å²) >= 11 is 12.4. The van der Waals surface area contributed by atoms with E-state index >= 15 is 0 Å². The van der Waals surface area contributed by atoms with Crippen LogP contribution in [0.4, 0.5) is 11.7 Å². The fourth-order valence-electron chi connectivity index (χ4n) is 3.36. The maximum absolute atomic E-state index is 13.1. The van der Waals surface area contributed by atoms with Crippen LogP contribution in [0.5, 0.6) is 0 Å². The second kappa shape index (κ2) is 9.72. The van der Waals surface area contributed by atoms with Gasteiger partial charge in [-0.3, -0.25) is 9.69 Å². The summed E-state index contributed by atoms with van der Waals surface area (Å²) in [5.74, 6) is -1.31. The minimum Gasteiger partial charge on any atom is -0.462 e. The number of carbonyl (C=O) groups is 2. The standard InChI is InChI=1S/C22H19Cl2N5O5/c1-2-33-20(31)15-11-28(14-8-6-12(7-9-14)18-26-27-21(25)34-18)22(32)29(19(15)30)10-13-4-3-5-16(23)17(13)24/h3-9,11,22,32H,2,10H2,1H3,(H2,25,27). The van der Waals surface area contributed by atoms with Crippen LogP contribution in [0.25, 0.3) is 11.5 Å². The van der Waals surface area contributed by atoms with Crippen LogP contribution in [-0.4, -0.2) is 45.0 Å². The first-order valence-corrected chi connectivity index (χ1v) is 10.8. The molecule has 0 spiro atoms. The van der Waals surface area contributed by atoms with Gasteiger partial charge in [0.2, 0.25) is 12.2 Å². The van der Waals surface area contributed by atoms with E-state index in [9.17, 15) is 14.7 Å². The van der Waals surface area contributed by atoms with E-state index in [0.29, 0.717) is 21.8 Å². The lowest BCUT2D eigenvalue weighted by molar-refractivity contribution is -0.147. The van der Waals surface area contributed by atoms with Crippen molar-refractivity contribution in [3.8, 4) is 11.5 Å². The number of halogens is 2. The number of carbonyl (C=O) groups excluding carboxylic acids is 2. The molecule has 1 atom stereocenters. The number of aromatic nitrogens is 2. The minimum atomic E-state index is -1.45. The Morgan fingerprint density at radius 3 is 2.59 bits per heavy atom. The number of nitrogens with two attached hydrogens (primary N) is 1. The predicted molar refractivity (Wildman–Crippen MR) is 124 cm³/mol. The number of aliphatic hydroxyl groups excluding tert-OH is 1. The number of ether oxygens (including phenoxy) is 1. The van der Waals surface area contributed by atoms with Crippen LogP contribution in [0.3, 0.4) is 0 Å². The fourth-order valence-corrected chi connectivity index (χ4v) is 3.74. The number of hydrogen-bond donors (Lipinski definition) is 2. The number of hydrogen-bond acceptors (Lipinski definition) is 9. The van der Waals surface area contributed by atoms with Gasteiger partial charge in [-0.2, -0.15) is 0 Å². The summed E-state index contributed by atoms with van der Waals surface area (Å²) in [5.41, 5.74) is 6.78. The number of nitrogen functional groups attached to an aromatic ring is 1. The molecule has 0 fully saturated rings. The summed E-state index contributed by atoms with van der Waals surface area (Å²) < 4.78 is 10.3. The molecule has 2 aromatic carbocycles. The van der Waals surface area contributed by atoms with Crippen molar-refractivity contribution in [1.82, 2.24) is 15.1 Å².